The number of benzene rings is 1. The highest BCUT2D eigenvalue weighted by atomic mass is 32.2. The van der Waals surface area contributed by atoms with Crippen LogP contribution in [-0.4, -0.2) is 76.0 Å². The molecule has 1 amide bonds. The third-order valence-corrected chi connectivity index (χ3v) is 7.71. The molecule has 9 heteroatoms. The quantitative estimate of drug-likeness (QED) is 0.530. The number of nitrogens with zero attached hydrogens (tertiary/aromatic N) is 2. The van der Waals surface area contributed by atoms with Gasteiger partial charge in [-0.05, 0) is 51.7 Å². The van der Waals surface area contributed by atoms with Crippen molar-refractivity contribution in [3.63, 3.8) is 0 Å². The summed E-state index contributed by atoms with van der Waals surface area (Å²) in [5.74, 6) is -0.958. The number of sulfonamides is 1. The maximum atomic E-state index is 13.3. The van der Waals surface area contributed by atoms with Crippen LogP contribution in [0.2, 0.25) is 0 Å². The zero-order valence-corrected chi connectivity index (χ0v) is 20.0. The number of aryl methyl sites for hydroxylation is 3. The molecule has 0 radical (unpaired) electrons. The van der Waals surface area contributed by atoms with Crippen LogP contribution in [0.1, 0.15) is 36.5 Å². The van der Waals surface area contributed by atoms with E-state index < -0.39 is 16.0 Å². The highest BCUT2D eigenvalue weighted by molar-refractivity contribution is 7.89. The fourth-order valence-corrected chi connectivity index (χ4v) is 6.02. The van der Waals surface area contributed by atoms with Gasteiger partial charge in [0.25, 0.3) is 0 Å². The number of carbonyl (C=O) groups excluding carboxylic acids is 2. The Morgan fingerprint density at radius 2 is 1.71 bits per heavy atom. The van der Waals surface area contributed by atoms with E-state index in [9.17, 15) is 18.0 Å². The van der Waals surface area contributed by atoms with Crippen molar-refractivity contribution in [1.29, 1.82) is 0 Å². The van der Waals surface area contributed by atoms with Gasteiger partial charge >= 0.3 is 5.97 Å². The second-order valence-corrected chi connectivity index (χ2v) is 9.84. The van der Waals surface area contributed by atoms with Crippen molar-refractivity contribution in [3.05, 3.63) is 28.8 Å². The van der Waals surface area contributed by atoms with E-state index >= 15 is 0 Å². The van der Waals surface area contributed by atoms with Crippen LogP contribution >= 0.6 is 0 Å². The molecule has 1 fully saturated rings. The molecule has 2 rings (SSSR count). The van der Waals surface area contributed by atoms with E-state index in [1.165, 1.54) is 16.3 Å². The molecule has 1 aromatic carbocycles. The van der Waals surface area contributed by atoms with Crippen LogP contribution in [0.5, 0.6) is 0 Å². The van der Waals surface area contributed by atoms with E-state index in [-0.39, 0.29) is 44.6 Å². The Kier molecular flexibility index (Phi) is 9.02. The normalized spacial score (nSPS) is 15.6. The van der Waals surface area contributed by atoms with Crippen LogP contribution in [0.15, 0.2) is 17.0 Å². The minimum absolute atomic E-state index is 0.129. The summed E-state index contributed by atoms with van der Waals surface area (Å²) in [6, 6.07) is 3.75. The molecule has 0 spiro atoms. The molecule has 0 unspecified atom stereocenters. The number of carbonyl (C=O) groups is 2. The van der Waals surface area contributed by atoms with E-state index in [0.29, 0.717) is 24.3 Å². The first-order valence-electron chi connectivity index (χ1n) is 10.6. The van der Waals surface area contributed by atoms with E-state index in [2.05, 4.69) is 0 Å². The van der Waals surface area contributed by atoms with E-state index in [1.54, 1.807) is 6.92 Å². The molecule has 8 nitrogen and oxygen atoms in total. The highest BCUT2D eigenvalue weighted by Gasteiger charge is 2.35. The molecule has 1 aromatic rings. The van der Waals surface area contributed by atoms with Gasteiger partial charge in [-0.25, -0.2) is 8.42 Å². The smallest absolute Gasteiger partial charge is 0.325 e. The number of ether oxygens (including phenoxy) is 2. The summed E-state index contributed by atoms with van der Waals surface area (Å²) in [7, 11) is -2.10. The van der Waals surface area contributed by atoms with Gasteiger partial charge in [-0.1, -0.05) is 17.7 Å². The lowest BCUT2D eigenvalue weighted by Crippen LogP contribution is -2.46. The monoisotopic (exact) mass is 454 g/mol. The summed E-state index contributed by atoms with van der Waals surface area (Å²) >= 11 is 0. The second kappa shape index (κ2) is 11.1. The molecule has 0 aliphatic carbocycles. The molecule has 1 aliphatic heterocycles. The topological polar surface area (TPSA) is 93.2 Å². The van der Waals surface area contributed by atoms with Gasteiger partial charge in [-0.15, -0.1) is 0 Å². The molecule has 0 saturated carbocycles. The Balaban J connectivity index is 2.09. The number of methoxy groups -OCH3 is 1. The first-order valence-corrected chi connectivity index (χ1v) is 12.1. The number of esters is 1. The molecular weight excluding hydrogens is 420 g/mol. The average molecular weight is 455 g/mol. The highest BCUT2D eigenvalue weighted by Crippen LogP contribution is 2.29. The van der Waals surface area contributed by atoms with Crippen LogP contribution in [-0.2, 0) is 29.1 Å². The maximum Gasteiger partial charge on any atom is 0.325 e. The molecule has 1 heterocycles. The third kappa shape index (κ3) is 6.27. The predicted octanol–water partition coefficient (Wildman–Crippen LogP) is 2.05. The first-order chi connectivity index (χ1) is 14.6. The molecule has 0 N–H and O–H groups in total. The lowest BCUT2D eigenvalue weighted by molar-refractivity contribution is -0.151. The third-order valence-electron chi connectivity index (χ3n) is 5.51. The first kappa shape index (κ1) is 25.3. The molecule has 0 atom stereocenters. The lowest BCUT2D eigenvalue weighted by atomic mass is 9.96. The Hall–Kier alpha value is -1.97. The van der Waals surface area contributed by atoms with Gasteiger partial charge in [0, 0.05) is 32.7 Å². The minimum atomic E-state index is -3.64. The zero-order valence-electron chi connectivity index (χ0n) is 19.1. The van der Waals surface area contributed by atoms with Gasteiger partial charge in [-0.2, -0.15) is 4.31 Å². The number of amides is 1. The van der Waals surface area contributed by atoms with Crippen molar-refractivity contribution in [3.8, 4) is 0 Å². The van der Waals surface area contributed by atoms with Gasteiger partial charge in [-0.3, -0.25) is 9.59 Å². The van der Waals surface area contributed by atoms with E-state index in [1.807, 2.05) is 32.9 Å². The second-order valence-electron chi connectivity index (χ2n) is 7.96. The number of piperidine rings is 1. The van der Waals surface area contributed by atoms with Crippen LogP contribution in [0.3, 0.4) is 0 Å². The largest absolute Gasteiger partial charge is 0.465 e. The molecule has 1 saturated heterocycles. The summed E-state index contributed by atoms with van der Waals surface area (Å²) in [6.45, 7) is 8.53. The molecule has 174 valence electrons. The fraction of sp³-hybridized carbons (Fsp3) is 0.636. The van der Waals surface area contributed by atoms with Crippen molar-refractivity contribution < 1.29 is 27.5 Å². The maximum absolute atomic E-state index is 13.3. The molecular formula is C22H34N2O6S. The van der Waals surface area contributed by atoms with E-state index in [0.717, 1.165) is 16.7 Å². The van der Waals surface area contributed by atoms with Gasteiger partial charge in [0.05, 0.1) is 18.1 Å². The van der Waals surface area contributed by atoms with Gasteiger partial charge in [0.1, 0.15) is 6.54 Å². The number of hydrogen-bond donors (Lipinski definition) is 0. The van der Waals surface area contributed by atoms with Crippen molar-refractivity contribution in [2.45, 2.75) is 45.4 Å². The Labute approximate surface area is 185 Å². The number of hydrogen-bond acceptors (Lipinski definition) is 6. The molecule has 0 bridgehead atoms. The molecule has 1 aliphatic rings. The minimum Gasteiger partial charge on any atom is -0.465 e. The summed E-state index contributed by atoms with van der Waals surface area (Å²) in [5.41, 5.74) is 2.49. The number of rotatable bonds is 9. The Morgan fingerprint density at radius 1 is 1.13 bits per heavy atom. The molecule has 31 heavy (non-hydrogen) atoms. The Bertz CT molecular complexity index is 868. The summed E-state index contributed by atoms with van der Waals surface area (Å²) in [5, 5.41) is 0. The summed E-state index contributed by atoms with van der Waals surface area (Å²) < 4.78 is 38.0. The van der Waals surface area contributed by atoms with Gasteiger partial charge < -0.3 is 14.4 Å². The summed E-state index contributed by atoms with van der Waals surface area (Å²) in [4.78, 5) is 26.7. The van der Waals surface area contributed by atoms with Gasteiger partial charge in [0.15, 0.2) is 0 Å². The van der Waals surface area contributed by atoms with Crippen molar-refractivity contribution in [2.75, 3.05) is 46.5 Å². The summed E-state index contributed by atoms with van der Waals surface area (Å²) in [6.07, 6.45) is 0.822. The average Bonchev–Trinajstić information content (AvgIpc) is 2.70. The van der Waals surface area contributed by atoms with Crippen molar-refractivity contribution in [1.82, 2.24) is 9.21 Å². The van der Waals surface area contributed by atoms with Crippen LogP contribution in [0.4, 0.5) is 0 Å². The van der Waals surface area contributed by atoms with E-state index in [4.69, 9.17) is 9.47 Å². The SMILES string of the molecule is CCOC(=O)CN(CCOC)C(=O)C1CCN(S(=O)(=O)c2c(C)cc(C)cc2C)CC1. The van der Waals surface area contributed by atoms with Crippen molar-refractivity contribution >= 4 is 21.9 Å². The predicted molar refractivity (Wildman–Crippen MR) is 117 cm³/mol. The van der Waals surface area contributed by atoms with Crippen LogP contribution < -0.4 is 0 Å². The van der Waals surface area contributed by atoms with Gasteiger partial charge in [0.2, 0.25) is 15.9 Å². The fourth-order valence-electron chi connectivity index (χ4n) is 4.14. The lowest BCUT2D eigenvalue weighted by Gasteiger charge is -2.34. The zero-order chi connectivity index (χ0) is 23.2. The van der Waals surface area contributed by atoms with Crippen LogP contribution in [0, 0.1) is 26.7 Å². The molecule has 0 aromatic heterocycles. The standard InChI is InChI=1S/C22H34N2O6S/c1-6-30-20(25)15-23(11-12-29-5)22(26)19-7-9-24(10-8-19)31(27,28)21-17(3)13-16(2)14-18(21)4/h13-14,19H,6-12,15H2,1-5H3. The van der Waals surface area contributed by atoms with Crippen LogP contribution in [0.25, 0.3) is 0 Å². The Morgan fingerprint density at radius 3 is 2.23 bits per heavy atom. The van der Waals surface area contributed by atoms with Crippen molar-refractivity contribution in [2.24, 2.45) is 5.92 Å².